The third-order valence-electron chi connectivity index (χ3n) is 3.75. The first-order valence-electron chi connectivity index (χ1n) is 7.52. The first kappa shape index (κ1) is 19.2. The van der Waals surface area contributed by atoms with Crippen LogP contribution in [0.4, 0.5) is 10.5 Å². The van der Waals surface area contributed by atoms with E-state index in [0.29, 0.717) is 16.3 Å². The monoisotopic (exact) mass is 424 g/mol. The number of amides is 4. The number of carbonyl (C=O) groups excluding carboxylic acids is 3. The average molecular weight is 426 g/mol. The van der Waals surface area contributed by atoms with E-state index in [-0.39, 0.29) is 21.3 Å². The fourth-order valence-electron chi connectivity index (χ4n) is 2.46. The third kappa shape index (κ3) is 3.78. The van der Waals surface area contributed by atoms with Crippen LogP contribution in [0, 0.1) is 0 Å². The lowest BCUT2D eigenvalue weighted by Crippen LogP contribution is -2.54. The van der Waals surface area contributed by atoms with Crippen molar-refractivity contribution < 1.29 is 19.1 Å². The van der Waals surface area contributed by atoms with Crippen molar-refractivity contribution in [1.82, 2.24) is 5.32 Å². The molecular weight excluding hydrogens is 415 g/mol. The van der Waals surface area contributed by atoms with Crippen molar-refractivity contribution in [3.8, 4) is 5.75 Å². The molecule has 9 heteroatoms. The van der Waals surface area contributed by atoms with Crippen molar-refractivity contribution in [3.63, 3.8) is 0 Å². The summed E-state index contributed by atoms with van der Waals surface area (Å²) in [6, 6.07) is 8.13. The lowest BCUT2D eigenvalue weighted by atomic mass is 10.1. The standard InChI is InChI=1S/C18H11Cl3N2O4/c1-27-15-5-2-9(7-14(15)21)6-11-16(24)22-18(26)23(17(11)25)10-3-4-12(19)13(20)8-10/h2-8H,1H3,(H,22,24,26)/b11-6-. The second-order valence-corrected chi connectivity index (χ2v) is 6.67. The normalized spacial score (nSPS) is 15.9. The van der Waals surface area contributed by atoms with Gasteiger partial charge < -0.3 is 4.74 Å². The van der Waals surface area contributed by atoms with Gasteiger partial charge in [-0.3, -0.25) is 14.9 Å². The number of halogens is 3. The predicted octanol–water partition coefficient (Wildman–Crippen LogP) is 4.32. The second-order valence-electron chi connectivity index (χ2n) is 5.45. The maximum atomic E-state index is 12.8. The number of barbiturate groups is 1. The number of benzene rings is 2. The Morgan fingerprint density at radius 3 is 2.33 bits per heavy atom. The smallest absolute Gasteiger partial charge is 0.335 e. The van der Waals surface area contributed by atoms with Gasteiger partial charge in [-0.05, 0) is 42.0 Å². The number of imide groups is 2. The van der Waals surface area contributed by atoms with Crippen LogP contribution in [0.15, 0.2) is 42.0 Å². The number of ether oxygens (including phenoxy) is 1. The number of methoxy groups -OCH3 is 1. The molecule has 0 aliphatic carbocycles. The van der Waals surface area contributed by atoms with E-state index in [0.717, 1.165) is 4.90 Å². The lowest BCUT2D eigenvalue weighted by molar-refractivity contribution is -0.122. The molecule has 1 N–H and O–H groups in total. The summed E-state index contributed by atoms with van der Waals surface area (Å²) in [5, 5.41) is 2.87. The summed E-state index contributed by atoms with van der Waals surface area (Å²) >= 11 is 17.9. The molecular formula is C18H11Cl3N2O4. The lowest BCUT2D eigenvalue weighted by Gasteiger charge is -2.26. The molecule has 4 amide bonds. The third-order valence-corrected chi connectivity index (χ3v) is 4.78. The summed E-state index contributed by atoms with van der Waals surface area (Å²) < 4.78 is 5.07. The summed E-state index contributed by atoms with van der Waals surface area (Å²) in [5.41, 5.74) is 0.433. The van der Waals surface area contributed by atoms with Crippen LogP contribution >= 0.6 is 34.8 Å². The molecule has 0 saturated carbocycles. The van der Waals surface area contributed by atoms with Gasteiger partial charge in [0.15, 0.2) is 0 Å². The molecule has 0 atom stereocenters. The zero-order valence-corrected chi connectivity index (χ0v) is 16.0. The Morgan fingerprint density at radius 2 is 1.70 bits per heavy atom. The molecule has 0 bridgehead atoms. The molecule has 1 fully saturated rings. The average Bonchev–Trinajstić information content (AvgIpc) is 2.61. The Kier molecular flexibility index (Phi) is 5.41. The molecule has 138 valence electrons. The van der Waals surface area contributed by atoms with E-state index in [2.05, 4.69) is 5.32 Å². The molecule has 0 radical (unpaired) electrons. The van der Waals surface area contributed by atoms with E-state index >= 15 is 0 Å². The summed E-state index contributed by atoms with van der Waals surface area (Å²) in [5.74, 6) is -1.16. The van der Waals surface area contributed by atoms with Crippen LogP contribution in [0.25, 0.3) is 6.08 Å². The van der Waals surface area contributed by atoms with Crippen molar-refractivity contribution in [2.75, 3.05) is 12.0 Å². The molecule has 6 nitrogen and oxygen atoms in total. The van der Waals surface area contributed by atoms with E-state index in [1.807, 2.05) is 0 Å². The SMILES string of the molecule is COc1ccc(/C=C2/C(=O)NC(=O)N(c3ccc(Cl)c(Cl)c3)C2=O)cc1Cl. The zero-order chi connectivity index (χ0) is 19.7. The van der Waals surface area contributed by atoms with Crippen LogP contribution < -0.4 is 15.0 Å². The second kappa shape index (κ2) is 7.60. The first-order chi connectivity index (χ1) is 12.8. The summed E-state index contributed by atoms with van der Waals surface area (Å²) in [6.45, 7) is 0. The van der Waals surface area contributed by atoms with E-state index in [9.17, 15) is 14.4 Å². The Labute approximate surface area is 169 Å². The van der Waals surface area contributed by atoms with E-state index in [1.165, 1.54) is 37.5 Å². The number of nitrogens with zero attached hydrogens (tertiary/aromatic N) is 1. The molecule has 1 saturated heterocycles. The Morgan fingerprint density at radius 1 is 0.963 bits per heavy atom. The van der Waals surface area contributed by atoms with Crippen LogP contribution in [-0.4, -0.2) is 25.0 Å². The largest absolute Gasteiger partial charge is 0.495 e. The van der Waals surface area contributed by atoms with Gasteiger partial charge in [-0.1, -0.05) is 40.9 Å². The van der Waals surface area contributed by atoms with Crippen LogP contribution in [0.2, 0.25) is 15.1 Å². The number of nitrogens with one attached hydrogen (secondary N) is 1. The molecule has 2 aromatic carbocycles. The van der Waals surface area contributed by atoms with E-state index in [4.69, 9.17) is 39.5 Å². The Hall–Kier alpha value is -2.54. The van der Waals surface area contributed by atoms with Gasteiger partial charge in [-0.15, -0.1) is 0 Å². The molecule has 0 spiro atoms. The van der Waals surface area contributed by atoms with Gasteiger partial charge in [0.1, 0.15) is 11.3 Å². The fraction of sp³-hybridized carbons (Fsp3) is 0.0556. The highest BCUT2D eigenvalue weighted by Crippen LogP contribution is 2.30. The van der Waals surface area contributed by atoms with Crippen molar-refractivity contribution in [2.45, 2.75) is 0 Å². The highest BCUT2D eigenvalue weighted by molar-refractivity contribution is 6.43. The molecule has 0 unspecified atom stereocenters. The number of anilines is 1. The topological polar surface area (TPSA) is 75.7 Å². The van der Waals surface area contributed by atoms with Crippen molar-refractivity contribution in [3.05, 3.63) is 62.6 Å². The van der Waals surface area contributed by atoms with E-state index in [1.54, 1.807) is 12.1 Å². The minimum atomic E-state index is -0.881. The van der Waals surface area contributed by atoms with Crippen LogP contribution in [-0.2, 0) is 9.59 Å². The number of carbonyl (C=O) groups is 3. The minimum absolute atomic E-state index is 0.166. The summed E-state index contributed by atoms with van der Waals surface area (Å²) in [4.78, 5) is 38.0. The molecule has 3 rings (SSSR count). The number of rotatable bonds is 3. The number of urea groups is 1. The molecule has 27 heavy (non-hydrogen) atoms. The summed E-state index contributed by atoms with van der Waals surface area (Å²) in [6.07, 6.45) is 1.33. The van der Waals surface area contributed by atoms with Crippen LogP contribution in [0.3, 0.4) is 0 Å². The van der Waals surface area contributed by atoms with Crippen LogP contribution in [0.5, 0.6) is 5.75 Å². The molecule has 2 aromatic rings. The molecule has 1 aliphatic rings. The Bertz CT molecular complexity index is 1000. The highest BCUT2D eigenvalue weighted by Gasteiger charge is 2.37. The van der Waals surface area contributed by atoms with Gasteiger partial charge in [0.25, 0.3) is 11.8 Å². The maximum absolute atomic E-state index is 12.8. The maximum Gasteiger partial charge on any atom is 0.335 e. The van der Waals surface area contributed by atoms with Crippen molar-refractivity contribution >= 4 is 64.4 Å². The minimum Gasteiger partial charge on any atom is -0.495 e. The Balaban J connectivity index is 2.01. The van der Waals surface area contributed by atoms with Gasteiger partial charge in [-0.2, -0.15) is 0 Å². The van der Waals surface area contributed by atoms with Crippen molar-refractivity contribution in [1.29, 1.82) is 0 Å². The molecule has 0 aromatic heterocycles. The first-order valence-corrected chi connectivity index (χ1v) is 8.65. The van der Waals surface area contributed by atoms with Gasteiger partial charge in [0, 0.05) is 0 Å². The quantitative estimate of drug-likeness (QED) is 0.587. The van der Waals surface area contributed by atoms with E-state index < -0.39 is 17.8 Å². The van der Waals surface area contributed by atoms with Crippen LogP contribution in [0.1, 0.15) is 5.56 Å². The van der Waals surface area contributed by atoms with Gasteiger partial charge >= 0.3 is 6.03 Å². The number of hydrogen-bond donors (Lipinski definition) is 1. The molecule has 1 heterocycles. The summed E-state index contributed by atoms with van der Waals surface area (Å²) in [7, 11) is 1.47. The zero-order valence-electron chi connectivity index (χ0n) is 13.8. The van der Waals surface area contributed by atoms with Gasteiger partial charge in [0.2, 0.25) is 0 Å². The van der Waals surface area contributed by atoms with Crippen molar-refractivity contribution in [2.24, 2.45) is 0 Å². The predicted molar refractivity (Wildman–Crippen MR) is 103 cm³/mol. The van der Waals surface area contributed by atoms with Gasteiger partial charge in [-0.25, -0.2) is 9.69 Å². The van der Waals surface area contributed by atoms with Gasteiger partial charge in [0.05, 0.1) is 27.9 Å². The number of hydrogen-bond acceptors (Lipinski definition) is 4. The molecule has 1 aliphatic heterocycles. The fourth-order valence-corrected chi connectivity index (χ4v) is 3.01. The highest BCUT2D eigenvalue weighted by atomic mass is 35.5.